The Balaban J connectivity index is 1.66. The monoisotopic (exact) mass is 378 g/mol. The molecule has 1 saturated heterocycles. The highest BCUT2D eigenvalue weighted by atomic mass is 19.1. The van der Waals surface area contributed by atoms with Gasteiger partial charge in [0.15, 0.2) is 0 Å². The van der Waals surface area contributed by atoms with E-state index in [9.17, 15) is 19.0 Å². The van der Waals surface area contributed by atoms with E-state index in [1.807, 2.05) is 0 Å². The zero-order valence-corrected chi connectivity index (χ0v) is 15.2. The number of nitrogens with one attached hydrogen (secondary N) is 1. The van der Waals surface area contributed by atoms with Gasteiger partial charge >= 0.3 is 0 Å². The number of rotatable bonds is 7. The van der Waals surface area contributed by atoms with Crippen molar-refractivity contribution in [3.63, 3.8) is 0 Å². The maximum atomic E-state index is 13.3. The van der Waals surface area contributed by atoms with Gasteiger partial charge < -0.3 is 19.8 Å². The summed E-state index contributed by atoms with van der Waals surface area (Å²) >= 11 is 0. The van der Waals surface area contributed by atoms with Gasteiger partial charge in [0.05, 0.1) is 13.2 Å². The van der Waals surface area contributed by atoms with E-state index in [1.54, 1.807) is 24.3 Å². The molecule has 0 spiro atoms. The largest absolute Gasteiger partial charge is 0.387 e. The van der Waals surface area contributed by atoms with Crippen molar-refractivity contribution in [3.8, 4) is 0 Å². The average Bonchev–Trinajstić information content (AvgIpc) is 2.64. The molecule has 0 radical (unpaired) electrons. The molecule has 3 N–H and O–H groups in total. The van der Waals surface area contributed by atoms with Crippen LogP contribution in [0.15, 0.2) is 48.5 Å². The van der Waals surface area contributed by atoms with E-state index in [0.29, 0.717) is 13.1 Å². The van der Waals surface area contributed by atoms with Gasteiger partial charge in [-0.1, -0.05) is 24.3 Å². The minimum atomic E-state index is -0.686. The number of aliphatic hydroxyl groups excluding tert-OH is 2. The molecule has 1 aliphatic rings. The molecule has 1 aliphatic heterocycles. The predicted octanol–water partition coefficient (Wildman–Crippen LogP) is 1.47. The lowest BCUT2D eigenvalue weighted by molar-refractivity contribution is -0.911. The minimum absolute atomic E-state index is 0.0962. The van der Waals surface area contributed by atoms with E-state index in [-0.39, 0.29) is 24.3 Å². The smallest absolute Gasteiger partial charge is 0.126 e. The van der Waals surface area contributed by atoms with E-state index in [4.69, 9.17) is 4.74 Å². The van der Waals surface area contributed by atoms with Gasteiger partial charge in [-0.2, -0.15) is 0 Å². The second-order valence-electron chi connectivity index (χ2n) is 7.17. The average molecular weight is 378 g/mol. The van der Waals surface area contributed by atoms with Crippen LogP contribution in [-0.2, 0) is 4.74 Å². The molecule has 2 aromatic rings. The maximum absolute atomic E-state index is 13.3. The molecule has 2 aromatic carbocycles. The van der Waals surface area contributed by atoms with Gasteiger partial charge in [0.1, 0.15) is 43.0 Å². The number of hydrogen-bond donors (Lipinski definition) is 3. The van der Waals surface area contributed by atoms with Gasteiger partial charge in [-0.25, -0.2) is 8.78 Å². The van der Waals surface area contributed by atoms with Crippen LogP contribution >= 0.6 is 0 Å². The van der Waals surface area contributed by atoms with Crippen LogP contribution in [0, 0.1) is 11.6 Å². The first-order valence-electron chi connectivity index (χ1n) is 9.33. The number of benzene rings is 2. The number of halogens is 2. The van der Waals surface area contributed by atoms with Crippen LogP contribution in [0.2, 0.25) is 0 Å². The first-order valence-corrected chi connectivity index (χ1v) is 9.33. The Kier molecular flexibility index (Phi) is 6.90. The van der Waals surface area contributed by atoms with Crippen molar-refractivity contribution in [3.05, 3.63) is 71.3 Å². The highest BCUT2D eigenvalue weighted by molar-refractivity contribution is 5.30. The fourth-order valence-corrected chi connectivity index (χ4v) is 3.57. The van der Waals surface area contributed by atoms with Crippen molar-refractivity contribution in [2.75, 3.05) is 26.2 Å². The standard InChI is InChI=1S/C21H25F2NO3/c22-17-7-3-15(4-8-17)21(16-5-9-18(23)10-6-16)27-14-20(26)13-24-11-1-2-19(25)12-24/h3-10,19-21,25-26H,1-2,11-14H2/p+1/t19-,20-/m0/s1. The van der Waals surface area contributed by atoms with Gasteiger partial charge in [0.25, 0.3) is 0 Å². The summed E-state index contributed by atoms with van der Waals surface area (Å²) in [5.74, 6) is -0.687. The van der Waals surface area contributed by atoms with Crippen molar-refractivity contribution >= 4 is 0 Å². The molecule has 146 valence electrons. The van der Waals surface area contributed by atoms with Crippen LogP contribution in [0.1, 0.15) is 30.1 Å². The molecule has 1 unspecified atom stereocenters. The van der Waals surface area contributed by atoms with E-state index in [2.05, 4.69) is 0 Å². The lowest BCUT2D eigenvalue weighted by Crippen LogP contribution is -3.15. The van der Waals surface area contributed by atoms with E-state index in [0.717, 1.165) is 35.4 Å². The molecule has 6 heteroatoms. The Morgan fingerprint density at radius 2 is 1.56 bits per heavy atom. The number of ether oxygens (including phenoxy) is 1. The van der Waals surface area contributed by atoms with Crippen molar-refractivity contribution in [1.82, 2.24) is 0 Å². The molecular formula is C21H26F2NO3+. The predicted molar refractivity (Wildman–Crippen MR) is 97.4 cm³/mol. The van der Waals surface area contributed by atoms with Crippen LogP contribution in [-0.4, -0.2) is 48.7 Å². The molecule has 0 amide bonds. The molecule has 1 fully saturated rings. The molecule has 3 rings (SSSR count). The molecule has 3 atom stereocenters. The Morgan fingerprint density at radius 3 is 2.07 bits per heavy atom. The van der Waals surface area contributed by atoms with E-state index >= 15 is 0 Å². The van der Waals surface area contributed by atoms with E-state index in [1.165, 1.54) is 24.3 Å². The second kappa shape index (κ2) is 9.37. The quantitative estimate of drug-likeness (QED) is 0.684. The van der Waals surface area contributed by atoms with Gasteiger partial charge in [-0.15, -0.1) is 0 Å². The topological polar surface area (TPSA) is 54.1 Å². The van der Waals surface area contributed by atoms with Crippen LogP contribution in [0.3, 0.4) is 0 Å². The lowest BCUT2D eigenvalue weighted by Gasteiger charge is -2.29. The molecule has 0 bridgehead atoms. The highest BCUT2D eigenvalue weighted by Crippen LogP contribution is 2.26. The highest BCUT2D eigenvalue weighted by Gasteiger charge is 2.24. The second-order valence-corrected chi connectivity index (χ2v) is 7.17. The zero-order valence-electron chi connectivity index (χ0n) is 15.2. The molecule has 1 heterocycles. The van der Waals surface area contributed by atoms with Crippen molar-refractivity contribution in [1.29, 1.82) is 0 Å². The summed E-state index contributed by atoms with van der Waals surface area (Å²) in [6.45, 7) is 2.15. The maximum Gasteiger partial charge on any atom is 0.126 e. The number of hydrogen-bond acceptors (Lipinski definition) is 3. The summed E-state index contributed by atoms with van der Waals surface area (Å²) in [4.78, 5) is 1.16. The Labute approximate surface area is 158 Å². The van der Waals surface area contributed by atoms with Crippen molar-refractivity contribution in [2.24, 2.45) is 0 Å². The first-order chi connectivity index (χ1) is 13.0. The summed E-state index contributed by atoms with van der Waals surface area (Å²) in [5.41, 5.74) is 1.46. The van der Waals surface area contributed by atoms with Gasteiger partial charge in [0, 0.05) is 0 Å². The van der Waals surface area contributed by atoms with Gasteiger partial charge in [-0.05, 0) is 48.2 Å². The molecular weight excluding hydrogens is 352 g/mol. The molecule has 0 aliphatic carbocycles. The third-order valence-electron chi connectivity index (χ3n) is 4.92. The third-order valence-corrected chi connectivity index (χ3v) is 4.92. The van der Waals surface area contributed by atoms with Crippen LogP contribution in [0.25, 0.3) is 0 Å². The summed E-state index contributed by atoms with van der Waals surface area (Å²) in [5, 5.41) is 20.1. The summed E-state index contributed by atoms with van der Waals surface area (Å²) in [6, 6.07) is 11.9. The van der Waals surface area contributed by atoms with Crippen LogP contribution in [0.5, 0.6) is 0 Å². The van der Waals surface area contributed by atoms with Crippen molar-refractivity contribution in [2.45, 2.75) is 31.2 Å². The Hall–Kier alpha value is -1.86. The summed E-state index contributed by atoms with van der Waals surface area (Å²) in [7, 11) is 0. The number of aliphatic hydroxyl groups is 2. The number of quaternary nitrogens is 1. The van der Waals surface area contributed by atoms with E-state index < -0.39 is 12.2 Å². The van der Waals surface area contributed by atoms with Crippen molar-refractivity contribution < 1.29 is 28.6 Å². The first kappa shape index (κ1) is 19.9. The Bertz CT molecular complexity index is 663. The lowest BCUT2D eigenvalue weighted by atomic mass is 10.0. The summed E-state index contributed by atoms with van der Waals surface area (Å²) < 4.78 is 32.5. The molecule has 0 aromatic heterocycles. The third kappa shape index (κ3) is 5.81. The van der Waals surface area contributed by atoms with Crippen LogP contribution in [0.4, 0.5) is 8.78 Å². The minimum Gasteiger partial charge on any atom is -0.387 e. The molecule has 27 heavy (non-hydrogen) atoms. The fourth-order valence-electron chi connectivity index (χ4n) is 3.57. The normalized spacial score (nSPS) is 21.4. The zero-order chi connectivity index (χ0) is 19.2. The summed E-state index contributed by atoms with van der Waals surface area (Å²) in [6.07, 6.45) is 0.232. The molecule has 0 saturated carbocycles. The Morgan fingerprint density at radius 1 is 1.00 bits per heavy atom. The fraction of sp³-hybridized carbons (Fsp3) is 0.429. The number of likely N-dealkylation sites (tertiary alicyclic amines) is 1. The molecule has 4 nitrogen and oxygen atoms in total. The SMILES string of the molecule is O[C@H](COC(c1ccc(F)cc1)c1ccc(F)cc1)C[NH+]1CCC[C@H](O)C1. The number of piperidine rings is 1. The van der Waals surface area contributed by atoms with Gasteiger partial charge in [0.2, 0.25) is 0 Å². The van der Waals surface area contributed by atoms with Crippen LogP contribution < -0.4 is 4.90 Å². The van der Waals surface area contributed by atoms with Gasteiger partial charge in [-0.3, -0.25) is 0 Å².